The fourth-order valence-corrected chi connectivity index (χ4v) is 1.97. The maximum Gasteiger partial charge on any atom is 0.120 e. The molecule has 1 heterocycles. The van der Waals surface area contributed by atoms with Crippen molar-refractivity contribution in [2.24, 2.45) is 0 Å². The van der Waals surface area contributed by atoms with Crippen molar-refractivity contribution >= 4 is 0 Å². The second-order valence-corrected chi connectivity index (χ2v) is 4.54. The zero-order valence-corrected chi connectivity index (χ0v) is 10.9. The molecule has 0 aromatic carbocycles. The van der Waals surface area contributed by atoms with Crippen LogP contribution in [0.15, 0.2) is 16.7 Å². The maximum atomic E-state index is 5.43. The summed E-state index contributed by atoms with van der Waals surface area (Å²) in [5, 5.41) is 3.60. The molecular weight excluding hydrogens is 198 g/mol. The molecule has 2 heteroatoms. The van der Waals surface area contributed by atoms with Crippen LogP contribution in [0.5, 0.6) is 0 Å². The summed E-state index contributed by atoms with van der Waals surface area (Å²) in [5.74, 6) is 1.08. The Morgan fingerprint density at radius 2 is 2.06 bits per heavy atom. The predicted octanol–water partition coefficient (Wildman–Crippen LogP) is 4.04. The monoisotopic (exact) mass is 223 g/mol. The summed E-state index contributed by atoms with van der Waals surface area (Å²) in [6.07, 6.45) is 8.16. The molecule has 2 nitrogen and oxygen atoms in total. The van der Waals surface area contributed by atoms with E-state index in [2.05, 4.69) is 26.1 Å². The van der Waals surface area contributed by atoms with Gasteiger partial charge < -0.3 is 9.73 Å². The summed E-state index contributed by atoms with van der Waals surface area (Å²) in [4.78, 5) is 0. The van der Waals surface area contributed by atoms with Crippen molar-refractivity contribution in [3.8, 4) is 0 Å². The Kier molecular flexibility index (Phi) is 6.24. The van der Waals surface area contributed by atoms with Gasteiger partial charge in [0, 0.05) is 6.04 Å². The molecule has 0 aliphatic carbocycles. The summed E-state index contributed by atoms with van der Waals surface area (Å²) < 4.78 is 5.43. The van der Waals surface area contributed by atoms with Gasteiger partial charge in [-0.3, -0.25) is 0 Å². The Bertz CT molecular complexity index is 280. The van der Waals surface area contributed by atoms with Crippen LogP contribution in [0.1, 0.15) is 57.3 Å². The van der Waals surface area contributed by atoms with Crippen LogP contribution < -0.4 is 5.32 Å². The highest BCUT2D eigenvalue weighted by Crippen LogP contribution is 2.11. The molecule has 0 spiro atoms. The van der Waals surface area contributed by atoms with Gasteiger partial charge in [0.25, 0.3) is 0 Å². The van der Waals surface area contributed by atoms with Gasteiger partial charge in [-0.25, -0.2) is 0 Å². The van der Waals surface area contributed by atoms with Gasteiger partial charge in [-0.05, 0) is 31.4 Å². The van der Waals surface area contributed by atoms with Crippen LogP contribution >= 0.6 is 0 Å². The summed E-state index contributed by atoms with van der Waals surface area (Å²) in [6.45, 7) is 7.47. The van der Waals surface area contributed by atoms with Crippen LogP contribution in [0.2, 0.25) is 0 Å². The normalized spacial score (nSPS) is 12.9. The summed E-state index contributed by atoms with van der Waals surface area (Å²) in [6, 6.07) is 2.67. The van der Waals surface area contributed by atoms with Gasteiger partial charge in [0.15, 0.2) is 0 Å². The van der Waals surface area contributed by atoms with Gasteiger partial charge in [-0.15, -0.1) is 0 Å². The highest BCUT2D eigenvalue weighted by molar-refractivity contribution is 5.14. The largest absolute Gasteiger partial charge is 0.468 e. The van der Waals surface area contributed by atoms with Crippen molar-refractivity contribution in [3.05, 3.63) is 23.7 Å². The molecule has 92 valence electrons. The Balaban J connectivity index is 2.34. The number of unbranched alkanes of at least 4 members (excludes halogenated alkanes) is 1. The second kappa shape index (κ2) is 7.50. The minimum absolute atomic E-state index is 0.648. The zero-order chi connectivity index (χ0) is 11.8. The van der Waals surface area contributed by atoms with Crippen LogP contribution in [0.25, 0.3) is 0 Å². The molecule has 0 radical (unpaired) electrons. The number of rotatable bonds is 8. The zero-order valence-electron chi connectivity index (χ0n) is 10.9. The third kappa shape index (κ3) is 4.40. The Morgan fingerprint density at radius 1 is 1.25 bits per heavy atom. The first-order valence-electron chi connectivity index (χ1n) is 6.54. The van der Waals surface area contributed by atoms with Crippen LogP contribution in [0.3, 0.4) is 0 Å². The lowest BCUT2D eigenvalue weighted by Gasteiger charge is -2.17. The highest BCUT2D eigenvalue weighted by atomic mass is 16.3. The van der Waals surface area contributed by atoms with E-state index in [9.17, 15) is 0 Å². The molecule has 1 atom stereocenters. The average molecular weight is 223 g/mol. The van der Waals surface area contributed by atoms with Gasteiger partial charge in [0.2, 0.25) is 0 Å². The van der Waals surface area contributed by atoms with E-state index in [1.54, 1.807) is 6.26 Å². The standard InChI is InChI=1S/C14H25NO/c1-4-6-8-13(7-5-2)15-11-14-12(3)9-10-16-14/h9-10,13,15H,4-8,11H2,1-3H3. The minimum Gasteiger partial charge on any atom is -0.468 e. The fraction of sp³-hybridized carbons (Fsp3) is 0.714. The molecule has 1 N–H and O–H groups in total. The van der Waals surface area contributed by atoms with E-state index in [4.69, 9.17) is 4.42 Å². The van der Waals surface area contributed by atoms with Gasteiger partial charge in [0.1, 0.15) is 5.76 Å². The van der Waals surface area contributed by atoms with Crippen molar-refractivity contribution in [1.82, 2.24) is 5.32 Å². The van der Waals surface area contributed by atoms with Crippen molar-refractivity contribution in [2.45, 2.75) is 65.5 Å². The molecule has 16 heavy (non-hydrogen) atoms. The summed E-state index contributed by atoms with van der Waals surface area (Å²) in [5.41, 5.74) is 1.25. The lowest BCUT2D eigenvalue weighted by atomic mass is 10.1. The van der Waals surface area contributed by atoms with Crippen LogP contribution in [0.4, 0.5) is 0 Å². The van der Waals surface area contributed by atoms with Crippen LogP contribution in [-0.4, -0.2) is 6.04 Å². The summed E-state index contributed by atoms with van der Waals surface area (Å²) >= 11 is 0. The molecule has 0 saturated carbocycles. The molecule has 0 fully saturated rings. The van der Waals surface area contributed by atoms with E-state index in [1.165, 1.54) is 37.7 Å². The Morgan fingerprint density at radius 3 is 2.62 bits per heavy atom. The van der Waals surface area contributed by atoms with E-state index in [1.807, 2.05) is 6.07 Å². The quantitative estimate of drug-likeness (QED) is 0.719. The summed E-state index contributed by atoms with van der Waals surface area (Å²) in [7, 11) is 0. The average Bonchev–Trinajstić information content (AvgIpc) is 2.68. The first-order chi connectivity index (χ1) is 7.77. The minimum atomic E-state index is 0.648. The fourth-order valence-electron chi connectivity index (χ4n) is 1.97. The molecule has 0 saturated heterocycles. The predicted molar refractivity (Wildman–Crippen MR) is 68.5 cm³/mol. The number of hydrogen-bond acceptors (Lipinski definition) is 2. The number of nitrogens with one attached hydrogen (secondary N) is 1. The van der Waals surface area contributed by atoms with Crippen LogP contribution in [0, 0.1) is 6.92 Å². The van der Waals surface area contributed by atoms with Crippen molar-refractivity contribution in [3.63, 3.8) is 0 Å². The first kappa shape index (κ1) is 13.3. The molecular formula is C14H25NO. The maximum absolute atomic E-state index is 5.43. The topological polar surface area (TPSA) is 25.2 Å². The lowest BCUT2D eigenvalue weighted by molar-refractivity contribution is 0.401. The molecule has 0 aliphatic rings. The lowest BCUT2D eigenvalue weighted by Crippen LogP contribution is -2.28. The van der Waals surface area contributed by atoms with E-state index >= 15 is 0 Å². The Hall–Kier alpha value is -0.760. The smallest absolute Gasteiger partial charge is 0.120 e. The first-order valence-corrected chi connectivity index (χ1v) is 6.54. The number of aryl methyl sites for hydroxylation is 1. The van der Waals surface area contributed by atoms with Crippen molar-refractivity contribution in [2.75, 3.05) is 0 Å². The second-order valence-electron chi connectivity index (χ2n) is 4.54. The van der Waals surface area contributed by atoms with E-state index in [0.717, 1.165) is 12.3 Å². The molecule has 1 aromatic rings. The van der Waals surface area contributed by atoms with E-state index in [0.29, 0.717) is 6.04 Å². The Labute approximate surface area is 99.4 Å². The third-order valence-electron chi connectivity index (χ3n) is 3.06. The van der Waals surface area contributed by atoms with Crippen LogP contribution in [-0.2, 0) is 6.54 Å². The molecule has 0 amide bonds. The van der Waals surface area contributed by atoms with Gasteiger partial charge in [-0.1, -0.05) is 33.1 Å². The highest BCUT2D eigenvalue weighted by Gasteiger charge is 2.08. The van der Waals surface area contributed by atoms with Gasteiger partial charge in [0.05, 0.1) is 12.8 Å². The van der Waals surface area contributed by atoms with Crippen molar-refractivity contribution in [1.29, 1.82) is 0 Å². The van der Waals surface area contributed by atoms with E-state index in [-0.39, 0.29) is 0 Å². The molecule has 1 aromatic heterocycles. The SMILES string of the molecule is CCCCC(CCC)NCc1occc1C. The van der Waals surface area contributed by atoms with Crippen molar-refractivity contribution < 1.29 is 4.42 Å². The molecule has 0 bridgehead atoms. The molecule has 1 unspecified atom stereocenters. The number of furan rings is 1. The molecule has 0 aliphatic heterocycles. The third-order valence-corrected chi connectivity index (χ3v) is 3.06. The van der Waals surface area contributed by atoms with Gasteiger partial charge in [-0.2, -0.15) is 0 Å². The number of hydrogen-bond donors (Lipinski definition) is 1. The van der Waals surface area contributed by atoms with Gasteiger partial charge >= 0.3 is 0 Å². The van der Waals surface area contributed by atoms with E-state index < -0.39 is 0 Å². The molecule has 1 rings (SSSR count).